The Labute approximate surface area is 112 Å². The van der Waals surface area contributed by atoms with Gasteiger partial charge in [-0.05, 0) is 35.0 Å². The van der Waals surface area contributed by atoms with Gasteiger partial charge < -0.3 is 9.84 Å². The summed E-state index contributed by atoms with van der Waals surface area (Å²) in [6.45, 7) is 2.31. The second-order valence-corrected chi connectivity index (χ2v) is 4.36. The van der Waals surface area contributed by atoms with Crippen LogP contribution in [0, 0.1) is 0 Å². The third kappa shape index (κ3) is 2.38. The van der Waals surface area contributed by atoms with Gasteiger partial charge in [0.15, 0.2) is 0 Å². The van der Waals surface area contributed by atoms with Crippen molar-refractivity contribution in [1.29, 1.82) is 0 Å². The molecule has 0 unspecified atom stereocenters. The van der Waals surface area contributed by atoms with Crippen LogP contribution in [0.3, 0.4) is 0 Å². The first-order valence-electron chi connectivity index (χ1n) is 5.34. The van der Waals surface area contributed by atoms with E-state index in [4.69, 9.17) is 9.84 Å². The second kappa shape index (κ2) is 5.22. The molecule has 0 aliphatic heterocycles. The monoisotopic (exact) mass is 310 g/mol. The van der Waals surface area contributed by atoms with Gasteiger partial charge in [0.05, 0.1) is 10.7 Å². The number of carbonyl (C=O) groups is 1. The molecule has 0 aliphatic rings. The summed E-state index contributed by atoms with van der Waals surface area (Å²) in [5.41, 5.74) is 0.111. The summed E-state index contributed by atoms with van der Waals surface area (Å²) in [5, 5.41) is 9.01. The number of hydrogen-bond acceptors (Lipinski definition) is 3. The Kier molecular flexibility index (Phi) is 3.66. The average Bonchev–Trinajstić information content (AvgIpc) is 2.75. The van der Waals surface area contributed by atoms with E-state index in [9.17, 15) is 4.79 Å². The van der Waals surface area contributed by atoms with E-state index < -0.39 is 5.97 Å². The van der Waals surface area contributed by atoms with Gasteiger partial charge in [0, 0.05) is 6.54 Å². The molecule has 0 radical (unpaired) electrons. The van der Waals surface area contributed by atoms with Crippen molar-refractivity contribution in [3.05, 3.63) is 40.6 Å². The van der Waals surface area contributed by atoms with Crippen molar-refractivity contribution in [3.63, 3.8) is 0 Å². The third-order valence-electron chi connectivity index (χ3n) is 2.39. The van der Waals surface area contributed by atoms with Crippen LogP contribution < -0.4 is 4.74 Å². The maximum absolute atomic E-state index is 11.0. The van der Waals surface area contributed by atoms with Crippen molar-refractivity contribution in [1.82, 2.24) is 9.55 Å². The Balaban J connectivity index is 2.35. The summed E-state index contributed by atoms with van der Waals surface area (Å²) < 4.78 is 7.89. The van der Waals surface area contributed by atoms with E-state index in [1.54, 1.807) is 6.07 Å². The summed E-state index contributed by atoms with van der Waals surface area (Å²) in [4.78, 5) is 15.0. The normalized spacial score (nSPS) is 10.3. The van der Waals surface area contributed by atoms with Crippen molar-refractivity contribution in [3.8, 4) is 11.8 Å². The SMILES string of the molecule is CCn1c(C(=O)O)cnc1Oc1ccccc1Br. The molecular formula is C12H11BrN2O3. The van der Waals surface area contributed by atoms with Gasteiger partial charge in [0.2, 0.25) is 0 Å². The Morgan fingerprint density at radius 3 is 2.83 bits per heavy atom. The number of imidazole rings is 1. The van der Waals surface area contributed by atoms with Crippen LogP contribution in [-0.2, 0) is 6.54 Å². The average molecular weight is 311 g/mol. The highest BCUT2D eigenvalue weighted by Crippen LogP contribution is 2.28. The summed E-state index contributed by atoms with van der Waals surface area (Å²) in [6, 6.07) is 7.58. The van der Waals surface area contributed by atoms with Gasteiger partial charge in [-0.2, -0.15) is 0 Å². The lowest BCUT2D eigenvalue weighted by atomic mass is 10.3. The smallest absolute Gasteiger partial charge is 0.354 e. The molecule has 0 saturated heterocycles. The van der Waals surface area contributed by atoms with Crippen LogP contribution in [0.15, 0.2) is 34.9 Å². The predicted molar refractivity (Wildman–Crippen MR) is 69.1 cm³/mol. The van der Waals surface area contributed by atoms with Crippen LogP contribution in [0.5, 0.6) is 11.8 Å². The van der Waals surface area contributed by atoms with Gasteiger partial charge in [0.1, 0.15) is 11.4 Å². The minimum absolute atomic E-state index is 0.111. The third-order valence-corrected chi connectivity index (χ3v) is 3.05. The van der Waals surface area contributed by atoms with Gasteiger partial charge in [-0.15, -0.1) is 0 Å². The standard InChI is InChI=1S/C12H11BrN2O3/c1-2-15-9(11(16)17)7-14-12(15)18-10-6-4-3-5-8(10)13/h3-7H,2H2,1H3,(H,16,17). The van der Waals surface area contributed by atoms with Gasteiger partial charge in [-0.3, -0.25) is 4.57 Å². The Morgan fingerprint density at radius 1 is 1.50 bits per heavy atom. The summed E-state index contributed by atoms with van der Waals surface area (Å²) in [6.07, 6.45) is 1.29. The molecular weight excluding hydrogens is 300 g/mol. The number of para-hydroxylation sites is 1. The predicted octanol–water partition coefficient (Wildman–Crippen LogP) is 3.16. The molecule has 5 nitrogen and oxygen atoms in total. The first-order valence-corrected chi connectivity index (χ1v) is 6.14. The number of benzene rings is 1. The van der Waals surface area contributed by atoms with Gasteiger partial charge in [0.25, 0.3) is 0 Å². The molecule has 6 heteroatoms. The van der Waals surface area contributed by atoms with Crippen molar-refractivity contribution in [2.24, 2.45) is 0 Å². The molecule has 18 heavy (non-hydrogen) atoms. The molecule has 1 aromatic heterocycles. The van der Waals surface area contributed by atoms with E-state index in [0.29, 0.717) is 12.3 Å². The lowest BCUT2D eigenvalue weighted by Gasteiger charge is -2.09. The molecule has 0 spiro atoms. The zero-order chi connectivity index (χ0) is 13.1. The zero-order valence-electron chi connectivity index (χ0n) is 9.63. The summed E-state index contributed by atoms with van der Waals surface area (Å²) in [7, 11) is 0. The van der Waals surface area contributed by atoms with E-state index >= 15 is 0 Å². The van der Waals surface area contributed by atoms with E-state index in [0.717, 1.165) is 4.47 Å². The highest BCUT2D eigenvalue weighted by molar-refractivity contribution is 9.10. The summed E-state index contributed by atoms with van der Waals surface area (Å²) >= 11 is 3.36. The van der Waals surface area contributed by atoms with Crippen molar-refractivity contribution in [2.75, 3.05) is 0 Å². The van der Waals surface area contributed by atoms with Crippen molar-refractivity contribution >= 4 is 21.9 Å². The van der Waals surface area contributed by atoms with Crippen molar-refractivity contribution in [2.45, 2.75) is 13.5 Å². The molecule has 1 aromatic carbocycles. The molecule has 0 aliphatic carbocycles. The molecule has 0 atom stereocenters. The molecule has 1 N–H and O–H groups in total. The van der Waals surface area contributed by atoms with Crippen LogP contribution >= 0.6 is 15.9 Å². The maximum atomic E-state index is 11.0. The first kappa shape index (κ1) is 12.6. The fourth-order valence-corrected chi connectivity index (χ4v) is 1.91. The minimum Gasteiger partial charge on any atom is -0.477 e. The number of aromatic carboxylic acids is 1. The number of nitrogens with zero attached hydrogens (tertiary/aromatic N) is 2. The van der Waals surface area contributed by atoms with Crippen molar-refractivity contribution < 1.29 is 14.6 Å². The second-order valence-electron chi connectivity index (χ2n) is 3.51. The molecule has 0 saturated carbocycles. The number of aromatic nitrogens is 2. The number of carboxylic acids is 1. The quantitative estimate of drug-likeness (QED) is 0.942. The Morgan fingerprint density at radius 2 is 2.22 bits per heavy atom. The molecule has 0 bridgehead atoms. The lowest BCUT2D eigenvalue weighted by Crippen LogP contribution is -2.08. The molecule has 94 valence electrons. The zero-order valence-corrected chi connectivity index (χ0v) is 11.2. The topological polar surface area (TPSA) is 64.4 Å². The number of rotatable bonds is 4. The lowest BCUT2D eigenvalue weighted by molar-refractivity contribution is 0.0684. The van der Waals surface area contributed by atoms with E-state index in [-0.39, 0.29) is 11.7 Å². The summed E-state index contributed by atoms with van der Waals surface area (Å²) in [5.74, 6) is -0.430. The first-order chi connectivity index (χ1) is 8.63. The van der Waals surface area contributed by atoms with Crippen LogP contribution in [0.2, 0.25) is 0 Å². The van der Waals surface area contributed by atoms with Gasteiger partial charge >= 0.3 is 12.0 Å². The fraction of sp³-hybridized carbons (Fsp3) is 0.167. The highest BCUT2D eigenvalue weighted by atomic mass is 79.9. The molecule has 2 aromatic rings. The number of carboxylic acid groups (broad SMARTS) is 1. The van der Waals surface area contributed by atoms with Crippen LogP contribution in [0.4, 0.5) is 0 Å². The number of ether oxygens (including phenoxy) is 1. The van der Waals surface area contributed by atoms with Crippen LogP contribution in [-0.4, -0.2) is 20.6 Å². The largest absolute Gasteiger partial charge is 0.477 e. The van der Waals surface area contributed by atoms with E-state index in [1.807, 2.05) is 25.1 Å². The fourth-order valence-electron chi connectivity index (χ4n) is 1.54. The van der Waals surface area contributed by atoms with Crippen LogP contribution in [0.1, 0.15) is 17.4 Å². The number of halogens is 1. The van der Waals surface area contributed by atoms with Gasteiger partial charge in [-0.1, -0.05) is 12.1 Å². The Hall–Kier alpha value is -1.82. The molecule has 1 heterocycles. The number of hydrogen-bond donors (Lipinski definition) is 1. The Bertz CT molecular complexity index is 580. The molecule has 2 rings (SSSR count). The highest BCUT2D eigenvalue weighted by Gasteiger charge is 2.16. The van der Waals surface area contributed by atoms with E-state index in [2.05, 4.69) is 20.9 Å². The molecule has 0 fully saturated rings. The van der Waals surface area contributed by atoms with Crippen LogP contribution in [0.25, 0.3) is 0 Å². The van der Waals surface area contributed by atoms with E-state index in [1.165, 1.54) is 10.8 Å². The molecule has 0 amide bonds. The van der Waals surface area contributed by atoms with Gasteiger partial charge in [-0.25, -0.2) is 9.78 Å². The minimum atomic E-state index is -1.02. The maximum Gasteiger partial charge on any atom is 0.354 e.